The first-order chi connectivity index (χ1) is 9.58. The molecule has 0 radical (unpaired) electrons. The van der Waals surface area contributed by atoms with Crippen molar-refractivity contribution in [2.24, 2.45) is 5.92 Å². The van der Waals surface area contributed by atoms with Crippen molar-refractivity contribution >= 4 is 0 Å². The van der Waals surface area contributed by atoms with E-state index in [1.807, 2.05) is 6.07 Å². The molecule has 2 N–H and O–H groups in total. The van der Waals surface area contributed by atoms with Crippen LogP contribution in [0.15, 0.2) is 18.2 Å². The van der Waals surface area contributed by atoms with Crippen molar-refractivity contribution in [3.63, 3.8) is 0 Å². The molecule has 0 bridgehead atoms. The van der Waals surface area contributed by atoms with Gasteiger partial charge in [-0.3, -0.25) is 0 Å². The molecule has 1 aromatic carbocycles. The van der Waals surface area contributed by atoms with Gasteiger partial charge in [0.1, 0.15) is 6.10 Å². The van der Waals surface area contributed by atoms with Crippen molar-refractivity contribution in [1.29, 1.82) is 0 Å². The highest BCUT2D eigenvalue weighted by molar-refractivity contribution is 5.35. The lowest BCUT2D eigenvalue weighted by Crippen LogP contribution is -2.27. The number of aliphatic hydroxyl groups is 1. The van der Waals surface area contributed by atoms with E-state index in [2.05, 4.69) is 19.2 Å². The predicted octanol–water partition coefficient (Wildman–Crippen LogP) is 2.86. The topological polar surface area (TPSA) is 41.5 Å². The van der Waals surface area contributed by atoms with Crippen molar-refractivity contribution in [1.82, 2.24) is 5.32 Å². The van der Waals surface area contributed by atoms with Crippen molar-refractivity contribution in [3.8, 4) is 5.75 Å². The van der Waals surface area contributed by atoms with Gasteiger partial charge in [0.2, 0.25) is 0 Å². The third-order valence-corrected chi connectivity index (χ3v) is 3.60. The maximum absolute atomic E-state index is 14.0. The van der Waals surface area contributed by atoms with Gasteiger partial charge in [-0.15, -0.1) is 0 Å². The fourth-order valence-corrected chi connectivity index (χ4v) is 2.52. The number of hydrogen-bond donors (Lipinski definition) is 2. The molecule has 20 heavy (non-hydrogen) atoms. The SMILES string of the molecule is CC(C)CNCc1cccc(F)c1OC1CCCC1O. The van der Waals surface area contributed by atoms with Crippen molar-refractivity contribution in [2.45, 2.75) is 51.9 Å². The highest BCUT2D eigenvalue weighted by Crippen LogP contribution is 2.29. The molecule has 2 atom stereocenters. The van der Waals surface area contributed by atoms with Gasteiger partial charge in [-0.1, -0.05) is 26.0 Å². The summed E-state index contributed by atoms with van der Waals surface area (Å²) in [6.07, 6.45) is 1.69. The molecule has 1 saturated carbocycles. The molecule has 0 spiro atoms. The van der Waals surface area contributed by atoms with Gasteiger partial charge in [0.25, 0.3) is 0 Å². The van der Waals surface area contributed by atoms with Crippen LogP contribution in [0.2, 0.25) is 0 Å². The number of benzene rings is 1. The van der Waals surface area contributed by atoms with Gasteiger partial charge >= 0.3 is 0 Å². The third kappa shape index (κ3) is 3.93. The van der Waals surface area contributed by atoms with Gasteiger partial charge in [-0.25, -0.2) is 4.39 Å². The zero-order chi connectivity index (χ0) is 14.5. The average molecular weight is 281 g/mol. The molecule has 1 aliphatic rings. The Hall–Kier alpha value is -1.13. The van der Waals surface area contributed by atoms with Crippen LogP contribution in [0.25, 0.3) is 0 Å². The number of para-hydroxylation sites is 1. The van der Waals surface area contributed by atoms with E-state index in [9.17, 15) is 9.50 Å². The normalized spacial score (nSPS) is 22.4. The molecule has 2 rings (SSSR count). The fraction of sp³-hybridized carbons (Fsp3) is 0.625. The molecule has 3 nitrogen and oxygen atoms in total. The average Bonchev–Trinajstić information content (AvgIpc) is 2.78. The molecule has 4 heteroatoms. The van der Waals surface area contributed by atoms with E-state index in [1.54, 1.807) is 6.07 Å². The van der Waals surface area contributed by atoms with Gasteiger partial charge in [-0.05, 0) is 37.8 Å². The summed E-state index contributed by atoms with van der Waals surface area (Å²) in [7, 11) is 0. The minimum Gasteiger partial charge on any atom is -0.484 e. The molecular weight excluding hydrogens is 257 g/mol. The second-order valence-corrected chi connectivity index (χ2v) is 5.91. The lowest BCUT2D eigenvalue weighted by Gasteiger charge is -2.20. The van der Waals surface area contributed by atoms with Crippen molar-refractivity contribution in [3.05, 3.63) is 29.6 Å². The standard InChI is InChI=1S/C16H24FNO2/c1-11(2)9-18-10-12-5-3-6-13(17)16(12)20-15-8-4-7-14(15)19/h3,5-6,11,14-15,18-19H,4,7-10H2,1-2H3. The Balaban J connectivity index is 2.05. The Bertz CT molecular complexity index is 436. The van der Waals surface area contributed by atoms with E-state index >= 15 is 0 Å². The van der Waals surface area contributed by atoms with Gasteiger partial charge in [0.15, 0.2) is 11.6 Å². The van der Waals surface area contributed by atoms with Gasteiger partial charge < -0.3 is 15.2 Å². The van der Waals surface area contributed by atoms with Crippen LogP contribution in [0.3, 0.4) is 0 Å². The molecule has 1 aliphatic carbocycles. The van der Waals surface area contributed by atoms with Crippen LogP contribution in [0.5, 0.6) is 5.75 Å². The Morgan fingerprint density at radius 1 is 1.40 bits per heavy atom. The zero-order valence-corrected chi connectivity index (χ0v) is 12.2. The van der Waals surface area contributed by atoms with Crippen LogP contribution in [-0.4, -0.2) is 23.9 Å². The monoisotopic (exact) mass is 281 g/mol. The number of aliphatic hydroxyl groups excluding tert-OH is 1. The molecule has 0 amide bonds. The number of halogens is 1. The second-order valence-electron chi connectivity index (χ2n) is 5.91. The minimum atomic E-state index is -0.480. The van der Waals surface area contributed by atoms with E-state index < -0.39 is 6.10 Å². The summed E-state index contributed by atoms with van der Waals surface area (Å²) >= 11 is 0. The largest absolute Gasteiger partial charge is 0.484 e. The van der Waals surface area contributed by atoms with E-state index in [1.165, 1.54) is 6.07 Å². The van der Waals surface area contributed by atoms with E-state index in [-0.39, 0.29) is 17.7 Å². The van der Waals surface area contributed by atoms with E-state index in [0.29, 0.717) is 12.5 Å². The van der Waals surface area contributed by atoms with E-state index in [4.69, 9.17) is 4.74 Å². The summed E-state index contributed by atoms with van der Waals surface area (Å²) in [5, 5.41) is 13.1. The zero-order valence-electron chi connectivity index (χ0n) is 12.2. The summed E-state index contributed by atoms with van der Waals surface area (Å²) in [6.45, 7) is 5.71. The lowest BCUT2D eigenvalue weighted by atomic mass is 10.1. The maximum atomic E-state index is 14.0. The molecule has 1 aromatic rings. The molecule has 1 fully saturated rings. The number of hydrogen-bond acceptors (Lipinski definition) is 3. The molecule has 2 unspecified atom stereocenters. The fourth-order valence-electron chi connectivity index (χ4n) is 2.52. The van der Waals surface area contributed by atoms with Crippen LogP contribution in [0.4, 0.5) is 4.39 Å². The molecule has 0 heterocycles. The Labute approximate surface area is 120 Å². The lowest BCUT2D eigenvalue weighted by molar-refractivity contribution is 0.0571. The van der Waals surface area contributed by atoms with Crippen LogP contribution in [-0.2, 0) is 6.54 Å². The molecule has 0 aliphatic heterocycles. The van der Waals surface area contributed by atoms with Gasteiger partial charge in [0, 0.05) is 12.1 Å². The van der Waals surface area contributed by atoms with Crippen LogP contribution < -0.4 is 10.1 Å². The Morgan fingerprint density at radius 2 is 2.20 bits per heavy atom. The van der Waals surface area contributed by atoms with Gasteiger partial charge in [0.05, 0.1) is 6.10 Å². The summed E-state index contributed by atoms with van der Waals surface area (Å²) in [5.74, 6) is 0.479. The third-order valence-electron chi connectivity index (χ3n) is 3.60. The van der Waals surface area contributed by atoms with Crippen molar-refractivity contribution in [2.75, 3.05) is 6.54 Å². The smallest absolute Gasteiger partial charge is 0.165 e. The maximum Gasteiger partial charge on any atom is 0.165 e. The first-order valence-corrected chi connectivity index (χ1v) is 7.40. The summed E-state index contributed by atoms with van der Waals surface area (Å²) in [5.41, 5.74) is 0.810. The summed E-state index contributed by atoms with van der Waals surface area (Å²) in [6, 6.07) is 4.97. The molecular formula is C16H24FNO2. The molecule has 0 aromatic heterocycles. The summed E-state index contributed by atoms with van der Waals surface area (Å²) < 4.78 is 19.7. The van der Waals surface area contributed by atoms with Gasteiger partial charge in [-0.2, -0.15) is 0 Å². The highest BCUT2D eigenvalue weighted by Gasteiger charge is 2.28. The Kier molecular flexibility index (Phi) is 5.38. The first kappa shape index (κ1) is 15.3. The first-order valence-electron chi connectivity index (χ1n) is 7.40. The molecule has 112 valence electrons. The summed E-state index contributed by atoms with van der Waals surface area (Å²) in [4.78, 5) is 0. The number of nitrogens with one attached hydrogen (secondary N) is 1. The minimum absolute atomic E-state index is 0.282. The van der Waals surface area contributed by atoms with Crippen LogP contribution >= 0.6 is 0 Å². The van der Waals surface area contributed by atoms with Crippen LogP contribution in [0, 0.1) is 11.7 Å². The Morgan fingerprint density at radius 3 is 2.85 bits per heavy atom. The second kappa shape index (κ2) is 7.04. The quantitative estimate of drug-likeness (QED) is 0.842. The predicted molar refractivity (Wildman–Crippen MR) is 77.2 cm³/mol. The van der Waals surface area contributed by atoms with Crippen molar-refractivity contribution < 1.29 is 14.2 Å². The number of ether oxygens (including phenoxy) is 1. The van der Waals surface area contributed by atoms with E-state index in [0.717, 1.165) is 31.4 Å². The highest BCUT2D eigenvalue weighted by atomic mass is 19.1. The van der Waals surface area contributed by atoms with Crippen LogP contribution in [0.1, 0.15) is 38.7 Å². The number of rotatable bonds is 6. The molecule has 0 saturated heterocycles.